The highest BCUT2D eigenvalue weighted by atomic mass is 16.2. The van der Waals surface area contributed by atoms with Crippen molar-refractivity contribution in [3.05, 3.63) is 0 Å². The van der Waals surface area contributed by atoms with Crippen molar-refractivity contribution in [3.8, 4) is 0 Å². The van der Waals surface area contributed by atoms with E-state index in [0.717, 1.165) is 19.3 Å². The Morgan fingerprint density at radius 2 is 1.93 bits per heavy atom. The number of hydrogen-bond acceptors (Lipinski definition) is 2. The van der Waals surface area contributed by atoms with Crippen LogP contribution in [0.2, 0.25) is 0 Å². The first-order chi connectivity index (χ1) is 6.91. The topological polar surface area (TPSA) is 41.1 Å². The molecule has 0 aromatic carbocycles. The summed E-state index contributed by atoms with van der Waals surface area (Å²) in [6, 6.07) is 0.407. The van der Waals surface area contributed by atoms with Crippen molar-refractivity contribution in [2.45, 2.75) is 65.5 Å². The zero-order chi connectivity index (χ0) is 11.9. The van der Waals surface area contributed by atoms with Crippen molar-refractivity contribution < 1.29 is 4.79 Å². The molecule has 0 spiro atoms. The lowest BCUT2D eigenvalue weighted by molar-refractivity contribution is -0.122. The van der Waals surface area contributed by atoms with Crippen LogP contribution in [0, 0.1) is 0 Å². The summed E-state index contributed by atoms with van der Waals surface area (Å²) in [6.07, 6.45) is 3.15. The van der Waals surface area contributed by atoms with E-state index in [4.69, 9.17) is 0 Å². The highest BCUT2D eigenvalue weighted by Gasteiger charge is 2.18. The fourth-order valence-corrected chi connectivity index (χ4v) is 1.52. The summed E-state index contributed by atoms with van der Waals surface area (Å²) in [5, 5.41) is 6.22. The minimum absolute atomic E-state index is 0.0804. The molecule has 0 heterocycles. The molecule has 0 aromatic rings. The summed E-state index contributed by atoms with van der Waals surface area (Å²) in [5.41, 5.74) is -0.0804. The molecule has 2 N–H and O–H groups in total. The molecule has 0 aliphatic carbocycles. The molecule has 0 saturated heterocycles. The third-order valence-electron chi connectivity index (χ3n) is 2.58. The summed E-state index contributed by atoms with van der Waals surface area (Å²) in [6.45, 7) is 10.9. The van der Waals surface area contributed by atoms with Gasteiger partial charge in [0.2, 0.25) is 5.91 Å². The molecule has 0 aromatic heterocycles. The normalized spacial score (nSPS) is 13.7. The second kappa shape index (κ2) is 6.83. The van der Waals surface area contributed by atoms with Crippen molar-refractivity contribution in [1.29, 1.82) is 0 Å². The fourth-order valence-electron chi connectivity index (χ4n) is 1.52. The van der Waals surface area contributed by atoms with Crippen LogP contribution >= 0.6 is 0 Å². The first-order valence-corrected chi connectivity index (χ1v) is 5.95. The van der Waals surface area contributed by atoms with Gasteiger partial charge in [0.1, 0.15) is 0 Å². The molecule has 3 nitrogen and oxygen atoms in total. The Bertz CT molecular complexity index is 190. The predicted molar refractivity (Wildman–Crippen MR) is 64.9 cm³/mol. The lowest BCUT2D eigenvalue weighted by Crippen LogP contribution is -2.47. The Morgan fingerprint density at radius 3 is 2.40 bits per heavy atom. The van der Waals surface area contributed by atoms with Crippen LogP contribution in [0.25, 0.3) is 0 Å². The van der Waals surface area contributed by atoms with E-state index in [2.05, 4.69) is 45.3 Å². The maximum absolute atomic E-state index is 11.6. The number of rotatable bonds is 7. The van der Waals surface area contributed by atoms with Crippen LogP contribution in [0.5, 0.6) is 0 Å². The standard InChI is InChI=1S/C12H26N2O/c1-6-8-12(4,5)14-11(15)9-13-10(3)7-2/h10,13H,6-9H2,1-5H3,(H,14,15). The van der Waals surface area contributed by atoms with Gasteiger partial charge in [0.25, 0.3) is 0 Å². The quantitative estimate of drug-likeness (QED) is 0.681. The summed E-state index contributed by atoms with van der Waals surface area (Å²) < 4.78 is 0. The van der Waals surface area contributed by atoms with E-state index in [1.165, 1.54) is 0 Å². The van der Waals surface area contributed by atoms with E-state index in [1.54, 1.807) is 0 Å². The number of hydrogen-bond donors (Lipinski definition) is 2. The lowest BCUT2D eigenvalue weighted by Gasteiger charge is -2.26. The minimum atomic E-state index is -0.0804. The van der Waals surface area contributed by atoms with Gasteiger partial charge in [-0.1, -0.05) is 20.3 Å². The van der Waals surface area contributed by atoms with Gasteiger partial charge in [-0.25, -0.2) is 0 Å². The molecule has 1 amide bonds. The van der Waals surface area contributed by atoms with Crippen LogP contribution < -0.4 is 10.6 Å². The average Bonchev–Trinajstić information content (AvgIpc) is 2.13. The monoisotopic (exact) mass is 214 g/mol. The SMILES string of the molecule is CCCC(C)(C)NC(=O)CNC(C)CC. The Kier molecular flexibility index (Phi) is 6.57. The third-order valence-corrected chi connectivity index (χ3v) is 2.58. The van der Waals surface area contributed by atoms with Gasteiger partial charge >= 0.3 is 0 Å². The van der Waals surface area contributed by atoms with E-state index in [9.17, 15) is 4.79 Å². The van der Waals surface area contributed by atoms with Crippen LogP contribution in [0.4, 0.5) is 0 Å². The van der Waals surface area contributed by atoms with Gasteiger partial charge in [0.05, 0.1) is 6.54 Å². The van der Waals surface area contributed by atoms with Crippen LogP contribution in [0.3, 0.4) is 0 Å². The van der Waals surface area contributed by atoms with Gasteiger partial charge in [-0.2, -0.15) is 0 Å². The highest BCUT2D eigenvalue weighted by molar-refractivity contribution is 5.78. The van der Waals surface area contributed by atoms with Crippen molar-refractivity contribution >= 4 is 5.91 Å². The second-order valence-corrected chi connectivity index (χ2v) is 4.87. The van der Waals surface area contributed by atoms with Crippen molar-refractivity contribution in [2.75, 3.05) is 6.54 Å². The largest absolute Gasteiger partial charge is 0.350 e. The number of nitrogens with one attached hydrogen (secondary N) is 2. The molecule has 0 aliphatic heterocycles. The third kappa shape index (κ3) is 7.37. The van der Waals surface area contributed by atoms with Crippen molar-refractivity contribution in [1.82, 2.24) is 10.6 Å². The van der Waals surface area contributed by atoms with Gasteiger partial charge in [-0.15, -0.1) is 0 Å². The summed E-state index contributed by atoms with van der Waals surface area (Å²) in [7, 11) is 0. The molecule has 0 bridgehead atoms. The Balaban J connectivity index is 3.82. The molecule has 1 unspecified atom stereocenters. The number of carbonyl (C=O) groups is 1. The average molecular weight is 214 g/mol. The molecule has 1 atom stereocenters. The van der Waals surface area contributed by atoms with E-state index in [-0.39, 0.29) is 11.4 Å². The zero-order valence-electron chi connectivity index (χ0n) is 10.8. The van der Waals surface area contributed by atoms with Crippen LogP contribution in [0.15, 0.2) is 0 Å². The Morgan fingerprint density at radius 1 is 1.33 bits per heavy atom. The first-order valence-electron chi connectivity index (χ1n) is 5.95. The van der Waals surface area contributed by atoms with E-state index in [0.29, 0.717) is 12.6 Å². The van der Waals surface area contributed by atoms with Gasteiger partial charge < -0.3 is 10.6 Å². The number of carbonyl (C=O) groups excluding carboxylic acids is 1. The molecular weight excluding hydrogens is 188 g/mol. The first kappa shape index (κ1) is 14.4. The van der Waals surface area contributed by atoms with Crippen molar-refractivity contribution in [3.63, 3.8) is 0 Å². The van der Waals surface area contributed by atoms with Gasteiger partial charge in [0.15, 0.2) is 0 Å². The molecule has 0 rings (SSSR count). The molecular formula is C12H26N2O. The molecule has 90 valence electrons. The van der Waals surface area contributed by atoms with E-state index < -0.39 is 0 Å². The lowest BCUT2D eigenvalue weighted by atomic mass is 9.99. The van der Waals surface area contributed by atoms with Gasteiger partial charge in [0, 0.05) is 11.6 Å². The molecule has 3 heteroatoms. The van der Waals surface area contributed by atoms with E-state index >= 15 is 0 Å². The maximum atomic E-state index is 11.6. The Labute approximate surface area is 94.0 Å². The number of amides is 1. The van der Waals surface area contributed by atoms with Gasteiger partial charge in [-0.3, -0.25) is 4.79 Å². The molecule has 0 fully saturated rings. The van der Waals surface area contributed by atoms with Crippen LogP contribution in [-0.4, -0.2) is 24.0 Å². The highest BCUT2D eigenvalue weighted by Crippen LogP contribution is 2.09. The molecule has 0 saturated carbocycles. The predicted octanol–water partition coefficient (Wildman–Crippen LogP) is 2.07. The molecule has 0 radical (unpaired) electrons. The van der Waals surface area contributed by atoms with E-state index in [1.807, 2.05) is 0 Å². The molecule has 15 heavy (non-hydrogen) atoms. The minimum Gasteiger partial charge on any atom is -0.350 e. The van der Waals surface area contributed by atoms with Crippen LogP contribution in [-0.2, 0) is 4.79 Å². The van der Waals surface area contributed by atoms with Crippen molar-refractivity contribution in [2.24, 2.45) is 0 Å². The van der Waals surface area contributed by atoms with Gasteiger partial charge in [-0.05, 0) is 33.6 Å². The zero-order valence-corrected chi connectivity index (χ0v) is 10.8. The molecule has 0 aliphatic rings. The maximum Gasteiger partial charge on any atom is 0.234 e. The second-order valence-electron chi connectivity index (χ2n) is 4.87. The fraction of sp³-hybridized carbons (Fsp3) is 0.917. The smallest absolute Gasteiger partial charge is 0.234 e. The summed E-state index contributed by atoms with van der Waals surface area (Å²) in [5.74, 6) is 0.0914. The Hall–Kier alpha value is -0.570. The summed E-state index contributed by atoms with van der Waals surface area (Å²) in [4.78, 5) is 11.6. The van der Waals surface area contributed by atoms with Crippen LogP contribution in [0.1, 0.15) is 53.9 Å². The summed E-state index contributed by atoms with van der Waals surface area (Å²) >= 11 is 0.